The fourth-order valence-corrected chi connectivity index (χ4v) is 1.26. The first-order valence-electron chi connectivity index (χ1n) is 4.26. The first-order chi connectivity index (χ1) is 6.81. The van der Waals surface area contributed by atoms with Crippen LogP contribution in [0.4, 0.5) is 0 Å². The van der Waals surface area contributed by atoms with Gasteiger partial charge in [-0.05, 0) is 12.1 Å². The lowest BCUT2D eigenvalue weighted by Gasteiger charge is -2.06. The average molecular weight is 179 g/mol. The highest BCUT2D eigenvalue weighted by Crippen LogP contribution is 2.05. The largest absolute Gasteiger partial charge is 0.221 e. The third kappa shape index (κ3) is 1.58. The molecule has 2 aromatic rings. The molecular weight excluding hydrogens is 172 g/mol. The second-order valence-corrected chi connectivity index (χ2v) is 2.93. The highest BCUT2D eigenvalue weighted by molar-refractivity contribution is 6.34. The Morgan fingerprint density at radius 2 is 2.21 bits per heavy atom. The molecule has 0 amide bonds. The molecule has 0 fully saturated rings. The summed E-state index contributed by atoms with van der Waals surface area (Å²) in [5, 5.41) is 7.58. The third-order valence-electron chi connectivity index (χ3n) is 2.04. The predicted octanol–water partition coefficient (Wildman–Crippen LogP) is -0.270. The molecule has 4 radical (unpaired) electrons. The van der Waals surface area contributed by atoms with E-state index in [0.29, 0.717) is 11.8 Å². The van der Waals surface area contributed by atoms with E-state index < -0.39 is 0 Å². The minimum Gasteiger partial charge on any atom is -0.221 e. The molecule has 0 bridgehead atoms. The van der Waals surface area contributed by atoms with Gasteiger partial charge in [0.25, 0.3) is 0 Å². The van der Waals surface area contributed by atoms with Crippen molar-refractivity contribution >= 4 is 21.2 Å². The van der Waals surface area contributed by atoms with Gasteiger partial charge in [0.15, 0.2) is 0 Å². The zero-order valence-corrected chi connectivity index (χ0v) is 7.59. The van der Waals surface area contributed by atoms with Crippen LogP contribution in [0.2, 0.25) is 0 Å². The Morgan fingerprint density at radius 1 is 1.36 bits per heavy atom. The van der Waals surface area contributed by atoms with Gasteiger partial charge in [0, 0.05) is 0 Å². The SMILES string of the molecule is [B]Cc1ccc(-n2ccnn2)cc1[B]. The van der Waals surface area contributed by atoms with Gasteiger partial charge in [-0.15, -0.1) is 5.10 Å². The smallest absolute Gasteiger partial charge is 0.114 e. The maximum Gasteiger partial charge on any atom is 0.114 e. The Balaban J connectivity index is 2.43. The third-order valence-corrected chi connectivity index (χ3v) is 2.04. The minimum atomic E-state index is 0.448. The van der Waals surface area contributed by atoms with E-state index in [-0.39, 0.29) is 0 Å². The molecule has 0 aliphatic heterocycles. The number of hydrogen-bond acceptors (Lipinski definition) is 2. The van der Waals surface area contributed by atoms with Crippen LogP contribution in [0, 0.1) is 0 Å². The molecule has 3 nitrogen and oxygen atoms in total. The zero-order chi connectivity index (χ0) is 9.97. The standard InChI is InChI=1S/C9H7B2N3/c10-6-7-1-2-8(5-9(7)11)14-4-3-12-13-14/h1-5H,6H2. The summed E-state index contributed by atoms with van der Waals surface area (Å²) >= 11 is 0. The Labute approximate surface area is 85.0 Å². The molecule has 1 aromatic heterocycles. The number of benzene rings is 1. The summed E-state index contributed by atoms with van der Waals surface area (Å²) in [6, 6.07) is 5.64. The van der Waals surface area contributed by atoms with E-state index in [9.17, 15) is 0 Å². The van der Waals surface area contributed by atoms with Crippen molar-refractivity contribution in [3.05, 3.63) is 36.2 Å². The molecule has 0 aliphatic rings. The number of aromatic nitrogens is 3. The van der Waals surface area contributed by atoms with Crippen LogP contribution in [0.25, 0.3) is 5.69 Å². The molecule has 0 N–H and O–H groups in total. The Bertz CT molecular complexity index is 426. The maximum atomic E-state index is 5.80. The summed E-state index contributed by atoms with van der Waals surface area (Å²) in [5.41, 5.74) is 2.51. The Morgan fingerprint density at radius 3 is 2.79 bits per heavy atom. The maximum absolute atomic E-state index is 5.80. The Kier molecular flexibility index (Phi) is 2.39. The summed E-state index contributed by atoms with van der Waals surface area (Å²) < 4.78 is 1.65. The highest BCUT2D eigenvalue weighted by atomic mass is 15.4. The van der Waals surface area contributed by atoms with Crippen molar-refractivity contribution in [2.75, 3.05) is 0 Å². The molecule has 5 heteroatoms. The predicted molar refractivity (Wildman–Crippen MR) is 56.2 cm³/mol. The van der Waals surface area contributed by atoms with Crippen molar-refractivity contribution in [3.63, 3.8) is 0 Å². The van der Waals surface area contributed by atoms with Gasteiger partial charge in [0.1, 0.15) is 7.85 Å². The summed E-state index contributed by atoms with van der Waals surface area (Å²) in [5.74, 6) is 0. The van der Waals surface area contributed by atoms with Crippen LogP contribution in [0.15, 0.2) is 30.6 Å². The van der Waals surface area contributed by atoms with Crippen LogP contribution in [0.3, 0.4) is 0 Å². The molecule has 0 aliphatic carbocycles. The van der Waals surface area contributed by atoms with Crippen molar-refractivity contribution < 1.29 is 0 Å². The van der Waals surface area contributed by atoms with E-state index >= 15 is 0 Å². The summed E-state index contributed by atoms with van der Waals surface area (Å²) in [7, 11) is 11.3. The number of nitrogens with zero attached hydrogens (tertiary/aromatic N) is 3. The first kappa shape index (κ1) is 9.06. The minimum absolute atomic E-state index is 0.448. The van der Waals surface area contributed by atoms with E-state index in [1.54, 1.807) is 17.1 Å². The van der Waals surface area contributed by atoms with Crippen molar-refractivity contribution in [2.45, 2.75) is 6.32 Å². The Hall–Kier alpha value is -1.51. The monoisotopic (exact) mass is 179 g/mol. The molecule has 0 spiro atoms. The normalized spacial score (nSPS) is 10.3. The van der Waals surface area contributed by atoms with Crippen molar-refractivity contribution in [3.8, 4) is 5.69 Å². The fourth-order valence-electron chi connectivity index (χ4n) is 1.26. The molecule has 2 rings (SSSR count). The van der Waals surface area contributed by atoms with E-state index in [1.807, 2.05) is 18.2 Å². The molecule has 0 saturated heterocycles. The molecule has 64 valence electrons. The average Bonchev–Trinajstić information content (AvgIpc) is 2.70. The fraction of sp³-hybridized carbons (Fsp3) is 0.111. The molecule has 1 aromatic carbocycles. The lowest BCUT2D eigenvalue weighted by Crippen LogP contribution is -2.12. The highest BCUT2D eigenvalue weighted by Gasteiger charge is 1.99. The van der Waals surface area contributed by atoms with Gasteiger partial charge in [-0.1, -0.05) is 28.6 Å². The van der Waals surface area contributed by atoms with Crippen LogP contribution >= 0.6 is 0 Å². The molecule has 0 unspecified atom stereocenters. The van der Waals surface area contributed by atoms with Crippen LogP contribution in [-0.4, -0.2) is 30.7 Å². The van der Waals surface area contributed by atoms with Gasteiger partial charge < -0.3 is 0 Å². The zero-order valence-electron chi connectivity index (χ0n) is 7.59. The first-order valence-corrected chi connectivity index (χ1v) is 4.26. The van der Waals surface area contributed by atoms with Crippen molar-refractivity contribution in [1.29, 1.82) is 0 Å². The van der Waals surface area contributed by atoms with E-state index in [2.05, 4.69) is 10.3 Å². The molecule has 14 heavy (non-hydrogen) atoms. The second-order valence-electron chi connectivity index (χ2n) is 2.93. The van der Waals surface area contributed by atoms with Crippen LogP contribution in [0.1, 0.15) is 5.56 Å². The van der Waals surface area contributed by atoms with Gasteiger partial charge in [0.05, 0.1) is 25.9 Å². The molecule has 1 heterocycles. The van der Waals surface area contributed by atoms with Gasteiger partial charge in [-0.2, -0.15) is 0 Å². The summed E-state index contributed by atoms with van der Waals surface area (Å²) in [6.45, 7) is 0. The molecular formula is C9H7B2N3. The topological polar surface area (TPSA) is 30.7 Å². The quantitative estimate of drug-likeness (QED) is 0.593. The number of hydrogen-bond donors (Lipinski definition) is 0. The van der Waals surface area contributed by atoms with Crippen molar-refractivity contribution in [1.82, 2.24) is 15.0 Å². The van der Waals surface area contributed by atoms with Crippen LogP contribution in [0.5, 0.6) is 0 Å². The van der Waals surface area contributed by atoms with Gasteiger partial charge in [0.2, 0.25) is 0 Å². The lowest BCUT2D eigenvalue weighted by molar-refractivity contribution is 0.803. The van der Waals surface area contributed by atoms with Crippen LogP contribution in [-0.2, 0) is 6.32 Å². The van der Waals surface area contributed by atoms with Crippen molar-refractivity contribution in [2.24, 2.45) is 0 Å². The molecule has 0 atom stereocenters. The van der Waals surface area contributed by atoms with E-state index in [1.165, 1.54) is 0 Å². The van der Waals surface area contributed by atoms with Gasteiger partial charge in [-0.3, -0.25) is 0 Å². The second kappa shape index (κ2) is 3.70. The lowest BCUT2D eigenvalue weighted by atomic mass is 9.84. The van der Waals surface area contributed by atoms with Gasteiger partial charge >= 0.3 is 0 Å². The van der Waals surface area contributed by atoms with E-state index in [4.69, 9.17) is 15.7 Å². The van der Waals surface area contributed by atoms with E-state index in [0.717, 1.165) is 11.3 Å². The van der Waals surface area contributed by atoms with Gasteiger partial charge in [-0.25, -0.2) is 4.68 Å². The summed E-state index contributed by atoms with van der Waals surface area (Å²) in [4.78, 5) is 0. The summed E-state index contributed by atoms with van der Waals surface area (Å²) in [6.07, 6.45) is 3.83. The van der Waals surface area contributed by atoms with Crippen LogP contribution < -0.4 is 5.46 Å². The molecule has 0 saturated carbocycles. The number of rotatable bonds is 2.